The Balaban J connectivity index is 1.57. The largest absolute Gasteiger partial charge is 0.381 e. The summed E-state index contributed by atoms with van der Waals surface area (Å²) >= 11 is 0. The molecule has 5 amide bonds. The van der Waals surface area contributed by atoms with E-state index in [1.165, 1.54) is 12.3 Å². The maximum atomic E-state index is 14.7. The van der Waals surface area contributed by atoms with E-state index < -0.39 is 64.9 Å². The Kier molecular flexibility index (Phi) is 14.2. The molecule has 13 heteroatoms. The summed E-state index contributed by atoms with van der Waals surface area (Å²) in [6.07, 6.45) is 12.8. The van der Waals surface area contributed by atoms with Crippen LogP contribution in [0.4, 0.5) is 0 Å². The van der Waals surface area contributed by atoms with Gasteiger partial charge < -0.3 is 31.5 Å². The predicted octanol–water partition coefficient (Wildman–Crippen LogP) is 2.91. The molecule has 6 atom stereocenters. The van der Waals surface area contributed by atoms with Gasteiger partial charge in [-0.3, -0.25) is 33.8 Å². The minimum absolute atomic E-state index is 0.00267. The third-order valence-corrected chi connectivity index (χ3v) is 11.3. The van der Waals surface area contributed by atoms with Gasteiger partial charge in [-0.2, -0.15) is 0 Å². The lowest BCUT2D eigenvalue weighted by molar-refractivity contribution is -0.145. The van der Waals surface area contributed by atoms with E-state index >= 15 is 0 Å². The van der Waals surface area contributed by atoms with Crippen molar-refractivity contribution >= 4 is 41.0 Å². The van der Waals surface area contributed by atoms with Crippen LogP contribution in [0.2, 0.25) is 0 Å². The van der Waals surface area contributed by atoms with E-state index in [0.717, 1.165) is 51.4 Å². The molecule has 0 bridgehead atoms. The summed E-state index contributed by atoms with van der Waals surface area (Å²) in [5.74, 6) is -2.98. The monoisotopic (exact) mass is 723 g/mol. The van der Waals surface area contributed by atoms with Crippen molar-refractivity contribution < 1.29 is 28.8 Å². The van der Waals surface area contributed by atoms with Crippen LogP contribution in [0.25, 0.3) is 0 Å². The van der Waals surface area contributed by atoms with E-state index in [1.54, 1.807) is 11.1 Å². The summed E-state index contributed by atoms with van der Waals surface area (Å²) in [4.78, 5) is 88.3. The third-order valence-electron chi connectivity index (χ3n) is 11.3. The molecule has 0 radical (unpaired) electrons. The first-order valence-electron chi connectivity index (χ1n) is 19.3. The van der Waals surface area contributed by atoms with Crippen molar-refractivity contribution in [1.82, 2.24) is 31.5 Å². The van der Waals surface area contributed by atoms with Crippen molar-refractivity contribution in [3.63, 3.8) is 0 Å². The van der Waals surface area contributed by atoms with Gasteiger partial charge in [-0.25, -0.2) is 0 Å². The number of nitrogens with one attached hydrogen (secondary N) is 5. The van der Waals surface area contributed by atoms with Gasteiger partial charge in [0.2, 0.25) is 23.5 Å². The second-order valence-electron chi connectivity index (χ2n) is 16.6. The van der Waals surface area contributed by atoms with Gasteiger partial charge in [-0.15, -0.1) is 6.58 Å². The number of hydrogen-bond donors (Lipinski definition) is 5. The minimum Gasteiger partial charge on any atom is -0.381 e. The van der Waals surface area contributed by atoms with Crippen LogP contribution in [0.1, 0.15) is 106 Å². The summed E-state index contributed by atoms with van der Waals surface area (Å²) in [5, 5.41) is 14.5. The number of aliphatic imine (C=N–C) groups is 1. The van der Waals surface area contributed by atoms with Gasteiger partial charge in [0.05, 0.1) is 12.1 Å². The first-order valence-corrected chi connectivity index (χ1v) is 19.3. The molecule has 0 aromatic carbocycles. The van der Waals surface area contributed by atoms with Crippen molar-refractivity contribution in [2.24, 2.45) is 34.1 Å². The smallest absolute Gasteiger partial charge is 0.289 e. The lowest BCUT2D eigenvalue weighted by atomic mass is 9.80. The quantitative estimate of drug-likeness (QED) is 0.127. The van der Waals surface area contributed by atoms with Crippen molar-refractivity contribution in [3.05, 3.63) is 25.1 Å². The van der Waals surface area contributed by atoms with Crippen molar-refractivity contribution in [1.29, 1.82) is 0 Å². The minimum atomic E-state index is -1.02. The molecule has 2 unspecified atom stereocenters. The number of ketones is 1. The normalized spacial score (nSPS) is 24.0. The van der Waals surface area contributed by atoms with Gasteiger partial charge in [0.15, 0.2) is 0 Å². The zero-order valence-electron chi connectivity index (χ0n) is 32.0. The van der Waals surface area contributed by atoms with Gasteiger partial charge in [-0.1, -0.05) is 79.2 Å². The highest BCUT2D eigenvalue weighted by Crippen LogP contribution is 2.34. The van der Waals surface area contributed by atoms with E-state index in [-0.39, 0.29) is 42.0 Å². The molecule has 0 aromatic rings. The topological polar surface area (TPSA) is 178 Å². The molecule has 2 saturated carbocycles. The van der Waals surface area contributed by atoms with Gasteiger partial charge in [0, 0.05) is 25.5 Å². The van der Waals surface area contributed by atoms with Gasteiger partial charge in [0.1, 0.15) is 23.8 Å². The van der Waals surface area contributed by atoms with Crippen molar-refractivity contribution in [3.8, 4) is 0 Å². The molecule has 1 saturated heterocycles. The number of likely N-dealkylation sites (tertiary alicyclic amines) is 1. The molecule has 5 N–H and O–H groups in total. The number of Topliss-reactive ketones (excluding diaryl/α,β-unsaturated/α-hetero) is 1. The maximum Gasteiger partial charge on any atom is 0.289 e. The number of amides is 5. The molecule has 288 valence electrons. The lowest BCUT2D eigenvalue weighted by Gasteiger charge is -2.38. The van der Waals surface area contributed by atoms with E-state index in [4.69, 9.17) is 0 Å². The Labute approximate surface area is 309 Å². The molecule has 0 spiro atoms. The number of carbonyl (C=O) groups excluding carboxylic acids is 6. The zero-order valence-corrected chi connectivity index (χ0v) is 32.0. The number of hydrogen-bond acceptors (Lipinski definition) is 8. The second kappa shape index (κ2) is 18.1. The molecule has 3 fully saturated rings. The van der Waals surface area contributed by atoms with Gasteiger partial charge >= 0.3 is 0 Å². The van der Waals surface area contributed by atoms with E-state index in [2.05, 4.69) is 38.2 Å². The Morgan fingerprint density at radius 3 is 2.25 bits per heavy atom. The summed E-state index contributed by atoms with van der Waals surface area (Å²) < 4.78 is 0. The van der Waals surface area contributed by atoms with E-state index in [9.17, 15) is 28.8 Å². The summed E-state index contributed by atoms with van der Waals surface area (Å²) in [6.45, 7) is 15.5. The fraction of sp³-hybridized carbons (Fsp3) is 0.718. The lowest BCUT2D eigenvalue weighted by Crippen LogP contribution is -2.62. The molecule has 4 rings (SSSR count). The number of carbonyl (C=O) groups is 6. The molecule has 13 nitrogen and oxygen atoms in total. The van der Waals surface area contributed by atoms with Crippen LogP contribution >= 0.6 is 0 Å². The zero-order chi connectivity index (χ0) is 38.2. The van der Waals surface area contributed by atoms with Crippen LogP contribution in [0.15, 0.2) is 30.0 Å². The molecular weight excluding hydrogens is 662 g/mol. The fourth-order valence-corrected chi connectivity index (χ4v) is 7.69. The molecule has 0 aromatic heterocycles. The Bertz CT molecular complexity index is 1410. The average molecular weight is 724 g/mol. The summed E-state index contributed by atoms with van der Waals surface area (Å²) in [7, 11) is 0. The highest BCUT2D eigenvalue weighted by atomic mass is 16.2. The molecule has 2 aliphatic carbocycles. The van der Waals surface area contributed by atoms with E-state index in [1.807, 2.05) is 41.5 Å². The molecular formula is C39H61N7O6. The fourth-order valence-electron chi connectivity index (χ4n) is 7.69. The summed E-state index contributed by atoms with van der Waals surface area (Å²) in [5.41, 5.74) is -0.481. The first kappa shape index (κ1) is 40.7. The van der Waals surface area contributed by atoms with Crippen molar-refractivity contribution in [2.45, 2.75) is 136 Å². The molecule has 2 heterocycles. The summed E-state index contributed by atoms with van der Waals surface area (Å²) in [6, 6.07) is -4.14. The van der Waals surface area contributed by atoms with Crippen LogP contribution in [0.3, 0.4) is 0 Å². The molecule has 4 aliphatic rings. The standard InChI is InChI=1S/C39H61N7O6/c1-8-17-42-37(51)32(47)28(20-25-13-12-14-25)43-34(48)29-21-27(23(2)3)22-46(29)38(52)33(39(5,6)7)45-36(50)31(26-15-10-9-11-16-26)44-35(49)30-24(4)40-18-19-41-30/h8,18-19,23-29,31,33,40H,1,9-17,20-22H2,2-7H3,(H,42,51)(H,43,48)(H,44,49)(H,45,50)/t24?,27-,28?,29+,31+,33-/m1/s1. The maximum absolute atomic E-state index is 14.7. The molecule has 52 heavy (non-hydrogen) atoms. The van der Waals surface area contributed by atoms with Crippen LogP contribution in [0, 0.1) is 29.1 Å². The number of rotatable bonds is 15. The highest BCUT2D eigenvalue weighted by Gasteiger charge is 2.47. The highest BCUT2D eigenvalue weighted by molar-refractivity contribution is 6.41. The van der Waals surface area contributed by atoms with Crippen LogP contribution < -0.4 is 26.6 Å². The Hall–Kier alpha value is -4.03. The Morgan fingerprint density at radius 1 is 0.981 bits per heavy atom. The van der Waals surface area contributed by atoms with Gasteiger partial charge in [0.25, 0.3) is 11.8 Å². The first-order chi connectivity index (χ1) is 24.6. The molecule has 2 aliphatic heterocycles. The third kappa shape index (κ3) is 10.3. The predicted molar refractivity (Wildman–Crippen MR) is 200 cm³/mol. The van der Waals surface area contributed by atoms with Crippen LogP contribution in [-0.2, 0) is 28.8 Å². The van der Waals surface area contributed by atoms with Gasteiger partial charge in [-0.05, 0) is 61.7 Å². The number of nitrogens with zero attached hydrogens (tertiary/aromatic N) is 2. The SMILES string of the molecule is C=CCNC(=O)C(=O)C(CC1CCC1)NC(=O)[C@@H]1C[C@@H](C(C)C)CN1C(=O)[C@@H](NC(=O)[C@@H](NC(=O)C1=NC=CNC1C)C1CCCCC1)C(C)(C)C. The van der Waals surface area contributed by atoms with Crippen LogP contribution in [-0.4, -0.2) is 89.2 Å². The second-order valence-corrected chi connectivity index (χ2v) is 16.6. The van der Waals surface area contributed by atoms with Crippen molar-refractivity contribution in [2.75, 3.05) is 13.1 Å². The Morgan fingerprint density at radius 2 is 1.67 bits per heavy atom. The average Bonchev–Trinajstić information content (AvgIpc) is 3.55. The van der Waals surface area contributed by atoms with Crippen LogP contribution in [0.5, 0.6) is 0 Å². The van der Waals surface area contributed by atoms with E-state index in [0.29, 0.717) is 19.4 Å².